The highest BCUT2D eigenvalue weighted by molar-refractivity contribution is 9.10. The van der Waals surface area contributed by atoms with Crippen molar-refractivity contribution in [2.75, 3.05) is 13.2 Å². The van der Waals surface area contributed by atoms with Gasteiger partial charge < -0.3 is 19.6 Å². The van der Waals surface area contributed by atoms with Gasteiger partial charge in [0, 0.05) is 34.6 Å². The maximum absolute atomic E-state index is 11.2. The molecule has 0 radical (unpaired) electrons. The van der Waals surface area contributed by atoms with Crippen molar-refractivity contribution >= 4 is 33.3 Å². The first-order valence-electron chi connectivity index (χ1n) is 12.1. The summed E-state index contributed by atoms with van der Waals surface area (Å²) in [6, 6.07) is 20.3. The molecule has 0 amide bonds. The minimum absolute atomic E-state index is 0.214. The second-order valence-corrected chi connectivity index (χ2v) is 10.3. The molecule has 4 rings (SSSR count). The number of nitrogens with one attached hydrogen (secondary N) is 1. The number of ether oxygens (including phenoxy) is 2. The number of halogens is 2. The first-order valence-corrected chi connectivity index (χ1v) is 13.3. The van der Waals surface area contributed by atoms with Crippen LogP contribution in [0.25, 0.3) is 11.1 Å². The number of benzene rings is 3. The number of Topliss-reactive ketones (excluding diaryl/α,β-unsaturated/α-hetero) is 1. The highest BCUT2D eigenvalue weighted by atomic mass is 79.9. The molecule has 3 aromatic rings. The molecule has 184 valence electrons. The molecular weight excluding hydrogens is 526 g/mol. The number of ketones is 1. The Hall–Kier alpha value is -2.34. The highest BCUT2D eigenvalue weighted by Crippen LogP contribution is 2.37. The zero-order valence-corrected chi connectivity index (χ0v) is 22.3. The van der Waals surface area contributed by atoms with Gasteiger partial charge in [-0.1, -0.05) is 60.1 Å². The number of carbonyl (C=O) groups excluding carboxylic acids is 1. The lowest BCUT2D eigenvalue weighted by atomic mass is 10.0. The number of rotatable bonds is 13. The minimum Gasteiger partial charge on any atom is -0.493 e. The van der Waals surface area contributed by atoms with Gasteiger partial charge in [0.25, 0.3) is 0 Å². The lowest BCUT2D eigenvalue weighted by Crippen LogP contribution is -2.16. The third kappa shape index (κ3) is 7.57. The van der Waals surface area contributed by atoms with Crippen molar-refractivity contribution in [3.8, 4) is 22.6 Å². The summed E-state index contributed by atoms with van der Waals surface area (Å²) < 4.78 is 13.4. The Morgan fingerprint density at radius 3 is 2.57 bits per heavy atom. The summed E-state index contributed by atoms with van der Waals surface area (Å²) in [5, 5.41) is 3.95. The van der Waals surface area contributed by atoms with Crippen LogP contribution >= 0.6 is 27.5 Å². The molecule has 0 aromatic heterocycles. The van der Waals surface area contributed by atoms with E-state index in [4.69, 9.17) is 21.1 Å². The minimum atomic E-state index is 0.214. The van der Waals surface area contributed by atoms with Crippen molar-refractivity contribution in [3.05, 3.63) is 81.3 Å². The molecule has 3 aromatic carbocycles. The van der Waals surface area contributed by atoms with Crippen molar-refractivity contribution in [2.45, 2.75) is 45.8 Å². The molecule has 0 heterocycles. The van der Waals surface area contributed by atoms with E-state index in [1.807, 2.05) is 42.5 Å². The van der Waals surface area contributed by atoms with Gasteiger partial charge in [0.15, 0.2) is 0 Å². The Balaban J connectivity index is 1.46. The van der Waals surface area contributed by atoms with Crippen molar-refractivity contribution in [2.24, 2.45) is 5.92 Å². The van der Waals surface area contributed by atoms with Crippen LogP contribution in [0.1, 0.15) is 43.7 Å². The third-order valence-electron chi connectivity index (χ3n) is 6.03. The van der Waals surface area contributed by atoms with E-state index in [0.29, 0.717) is 42.9 Å². The summed E-state index contributed by atoms with van der Waals surface area (Å²) in [5.74, 6) is 2.26. The number of hydrogen-bond donors (Lipinski definition) is 1. The average molecular weight is 557 g/mol. The van der Waals surface area contributed by atoms with Crippen molar-refractivity contribution < 1.29 is 14.3 Å². The molecule has 35 heavy (non-hydrogen) atoms. The number of carbonyl (C=O) groups is 1. The van der Waals surface area contributed by atoms with Crippen LogP contribution in [-0.2, 0) is 17.9 Å². The summed E-state index contributed by atoms with van der Waals surface area (Å²) in [4.78, 5) is 11.2. The van der Waals surface area contributed by atoms with Gasteiger partial charge in [-0.15, -0.1) is 0 Å². The quantitative estimate of drug-likeness (QED) is 0.220. The van der Waals surface area contributed by atoms with Crippen molar-refractivity contribution in [3.63, 3.8) is 0 Å². The summed E-state index contributed by atoms with van der Waals surface area (Å²) in [6.45, 7) is 4.11. The largest absolute Gasteiger partial charge is 0.493 e. The van der Waals surface area contributed by atoms with Gasteiger partial charge in [0.2, 0.25) is 0 Å². The van der Waals surface area contributed by atoms with Gasteiger partial charge in [0.05, 0.1) is 11.6 Å². The van der Waals surface area contributed by atoms with Crippen molar-refractivity contribution in [1.29, 1.82) is 0 Å². The fourth-order valence-electron chi connectivity index (χ4n) is 3.82. The molecular formula is C29H31BrClNO3. The van der Waals surface area contributed by atoms with Crippen LogP contribution in [0, 0.1) is 5.92 Å². The van der Waals surface area contributed by atoms with E-state index in [2.05, 4.69) is 39.4 Å². The SMILES string of the molecule is CC(=O)CCCNCc1cc(Cl)c(OCc2cccc(-c3ccccc3)c2Br)cc1OCC1CC1. The maximum atomic E-state index is 11.2. The second-order valence-electron chi connectivity index (χ2n) is 9.06. The van der Waals surface area contributed by atoms with Gasteiger partial charge in [-0.3, -0.25) is 0 Å². The van der Waals surface area contributed by atoms with E-state index in [0.717, 1.165) is 45.4 Å². The molecule has 0 unspecified atom stereocenters. The predicted octanol–water partition coefficient (Wildman–Crippen LogP) is 7.60. The van der Waals surface area contributed by atoms with E-state index >= 15 is 0 Å². The normalized spacial score (nSPS) is 13.0. The van der Waals surface area contributed by atoms with Crippen molar-refractivity contribution in [1.82, 2.24) is 5.32 Å². The molecule has 1 N–H and O–H groups in total. The molecule has 1 fully saturated rings. The van der Waals surface area contributed by atoms with Crippen LogP contribution in [0.5, 0.6) is 11.5 Å². The van der Waals surface area contributed by atoms with E-state index in [1.54, 1.807) is 6.92 Å². The van der Waals surface area contributed by atoms with Crippen LogP contribution in [0.2, 0.25) is 5.02 Å². The van der Waals surface area contributed by atoms with Crippen LogP contribution in [0.4, 0.5) is 0 Å². The first kappa shape index (κ1) is 25.7. The van der Waals surface area contributed by atoms with Gasteiger partial charge in [-0.2, -0.15) is 0 Å². The molecule has 0 saturated heterocycles. The predicted molar refractivity (Wildman–Crippen MR) is 145 cm³/mol. The van der Waals surface area contributed by atoms with Gasteiger partial charge in [-0.25, -0.2) is 0 Å². The van der Waals surface area contributed by atoms with E-state index < -0.39 is 0 Å². The molecule has 4 nitrogen and oxygen atoms in total. The number of hydrogen-bond acceptors (Lipinski definition) is 4. The zero-order valence-electron chi connectivity index (χ0n) is 20.0. The molecule has 0 spiro atoms. The molecule has 0 atom stereocenters. The third-order valence-corrected chi connectivity index (χ3v) is 7.26. The Morgan fingerprint density at radius 1 is 1.03 bits per heavy atom. The van der Waals surface area contributed by atoms with E-state index in [-0.39, 0.29) is 5.78 Å². The molecule has 6 heteroatoms. The van der Waals surface area contributed by atoms with Gasteiger partial charge in [-0.05, 0) is 71.8 Å². The zero-order chi connectivity index (χ0) is 24.6. The van der Waals surface area contributed by atoms with Crippen LogP contribution in [0.15, 0.2) is 65.1 Å². The smallest absolute Gasteiger partial charge is 0.142 e. The Labute approximate surface area is 221 Å². The fourth-order valence-corrected chi connectivity index (χ4v) is 4.67. The first-order chi connectivity index (χ1) is 17.0. The molecule has 1 aliphatic rings. The molecule has 0 bridgehead atoms. The van der Waals surface area contributed by atoms with E-state index in [1.165, 1.54) is 12.8 Å². The molecule has 1 saturated carbocycles. The van der Waals surface area contributed by atoms with Crippen LogP contribution in [-0.4, -0.2) is 18.9 Å². The Kier molecular flexibility index (Phi) is 9.25. The second kappa shape index (κ2) is 12.6. The lowest BCUT2D eigenvalue weighted by Gasteiger charge is -2.17. The fraction of sp³-hybridized carbons (Fsp3) is 0.345. The Bertz CT molecular complexity index is 1150. The molecule has 1 aliphatic carbocycles. The lowest BCUT2D eigenvalue weighted by molar-refractivity contribution is -0.117. The average Bonchev–Trinajstić information content (AvgIpc) is 3.68. The maximum Gasteiger partial charge on any atom is 0.142 e. The topological polar surface area (TPSA) is 47.6 Å². The Morgan fingerprint density at radius 2 is 1.83 bits per heavy atom. The summed E-state index contributed by atoms with van der Waals surface area (Å²) in [5.41, 5.74) is 4.31. The summed E-state index contributed by atoms with van der Waals surface area (Å²) in [6.07, 6.45) is 3.86. The summed E-state index contributed by atoms with van der Waals surface area (Å²) >= 11 is 10.4. The van der Waals surface area contributed by atoms with Crippen LogP contribution < -0.4 is 14.8 Å². The highest BCUT2D eigenvalue weighted by Gasteiger charge is 2.23. The van der Waals surface area contributed by atoms with E-state index in [9.17, 15) is 4.79 Å². The standard InChI is InChI=1S/C29H31BrClNO3/c1-20(33)7-6-14-32-17-24-15-26(31)28(16-27(24)34-18-21-12-13-21)35-19-23-10-5-11-25(29(23)30)22-8-3-2-4-9-22/h2-5,8-11,15-16,21,32H,6-7,12-14,17-19H2,1H3. The van der Waals surface area contributed by atoms with Gasteiger partial charge >= 0.3 is 0 Å². The summed E-state index contributed by atoms with van der Waals surface area (Å²) in [7, 11) is 0. The van der Waals surface area contributed by atoms with Gasteiger partial charge in [0.1, 0.15) is 23.9 Å². The monoisotopic (exact) mass is 555 g/mol. The van der Waals surface area contributed by atoms with Crippen LogP contribution in [0.3, 0.4) is 0 Å². The molecule has 0 aliphatic heterocycles.